The van der Waals surface area contributed by atoms with Crippen molar-refractivity contribution < 1.29 is 0 Å². The van der Waals surface area contributed by atoms with E-state index in [4.69, 9.17) is 5.73 Å². The van der Waals surface area contributed by atoms with Gasteiger partial charge in [-0.25, -0.2) is 0 Å². The van der Waals surface area contributed by atoms with Gasteiger partial charge in [0.1, 0.15) is 0 Å². The fourth-order valence-electron chi connectivity index (χ4n) is 3.29. The van der Waals surface area contributed by atoms with Gasteiger partial charge in [0.25, 0.3) is 0 Å². The van der Waals surface area contributed by atoms with E-state index >= 15 is 0 Å². The lowest BCUT2D eigenvalue weighted by molar-refractivity contribution is 0.119. The Balaban J connectivity index is 2.56. The van der Waals surface area contributed by atoms with Crippen LogP contribution in [0.2, 0.25) is 0 Å². The fraction of sp³-hybridized carbons (Fsp3) is 1.00. The molecule has 0 bridgehead atoms. The van der Waals surface area contributed by atoms with Crippen LogP contribution in [0.1, 0.15) is 60.3 Å². The van der Waals surface area contributed by atoms with Gasteiger partial charge in [0.2, 0.25) is 0 Å². The van der Waals surface area contributed by atoms with E-state index in [0.717, 1.165) is 11.8 Å². The number of hydrogen-bond donors (Lipinski definition) is 1. The van der Waals surface area contributed by atoms with Crippen LogP contribution in [0.15, 0.2) is 0 Å². The molecule has 3 unspecified atom stereocenters. The van der Waals surface area contributed by atoms with Crippen LogP contribution in [0.5, 0.6) is 0 Å². The largest absolute Gasteiger partial charge is 0.327 e. The Labute approximate surface area is 114 Å². The van der Waals surface area contributed by atoms with Crippen molar-refractivity contribution in [2.45, 2.75) is 72.4 Å². The molecule has 0 radical (unpaired) electrons. The van der Waals surface area contributed by atoms with Gasteiger partial charge in [0, 0.05) is 18.6 Å². The Hall–Kier alpha value is -0.0800. The lowest BCUT2D eigenvalue weighted by Gasteiger charge is -2.39. The van der Waals surface area contributed by atoms with E-state index in [1.807, 2.05) is 0 Å². The molecule has 108 valence electrons. The van der Waals surface area contributed by atoms with Crippen molar-refractivity contribution in [1.82, 2.24) is 4.90 Å². The summed E-state index contributed by atoms with van der Waals surface area (Å²) < 4.78 is 0. The summed E-state index contributed by atoms with van der Waals surface area (Å²) in [6, 6.07) is 1.08. The molecule has 1 rings (SSSR count). The molecule has 0 aromatic rings. The summed E-state index contributed by atoms with van der Waals surface area (Å²) in [7, 11) is 0. The molecule has 1 saturated carbocycles. The minimum atomic E-state index is 0.429. The van der Waals surface area contributed by atoms with E-state index < -0.39 is 0 Å². The number of nitrogens with zero attached hydrogens (tertiary/aromatic N) is 1. The third-order valence-electron chi connectivity index (χ3n) is 4.73. The molecule has 2 nitrogen and oxygen atoms in total. The molecule has 0 spiro atoms. The van der Waals surface area contributed by atoms with Gasteiger partial charge in [-0.2, -0.15) is 0 Å². The van der Waals surface area contributed by atoms with Gasteiger partial charge in [-0.05, 0) is 63.8 Å². The summed E-state index contributed by atoms with van der Waals surface area (Å²) in [5, 5.41) is 0. The maximum atomic E-state index is 6.36. The first-order chi connectivity index (χ1) is 8.45. The first kappa shape index (κ1) is 16.0. The predicted molar refractivity (Wildman–Crippen MR) is 80.6 cm³/mol. The van der Waals surface area contributed by atoms with E-state index in [1.54, 1.807) is 0 Å². The summed E-state index contributed by atoms with van der Waals surface area (Å²) in [4.78, 5) is 2.62. The highest BCUT2D eigenvalue weighted by Crippen LogP contribution is 2.33. The maximum Gasteiger partial charge on any atom is 0.00795 e. The molecule has 3 atom stereocenters. The van der Waals surface area contributed by atoms with Crippen LogP contribution in [0.25, 0.3) is 0 Å². The van der Waals surface area contributed by atoms with Crippen molar-refractivity contribution in [1.29, 1.82) is 0 Å². The molecule has 0 heterocycles. The summed E-state index contributed by atoms with van der Waals surface area (Å²) >= 11 is 0. The Morgan fingerprint density at radius 1 is 1.17 bits per heavy atom. The van der Waals surface area contributed by atoms with Crippen molar-refractivity contribution in [3.05, 3.63) is 0 Å². The standard InChI is InChI=1S/C16H34N2/c1-6-9-18(13(4)5)11-15-10-14(12(2)3)7-8-16(15)17/h12-16H,6-11,17H2,1-5H3. The smallest absolute Gasteiger partial charge is 0.00795 e. The van der Waals surface area contributed by atoms with Gasteiger partial charge < -0.3 is 10.6 Å². The van der Waals surface area contributed by atoms with Gasteiger partial charge in [-0.1, -0.05) is 20.8 Å². The molecular weight excluding hydrogens is 220 g/mol. The van der Waals surface area contributed by atoms with E-state index in [0.29, 0.717) is 18.0 Å². The molecule has 0 saturated heterocycles. The molecule has 1 fully saturated rings. The lowest BCUT2D eigenvalue weighted by atomic mass is 9.73. The summed E-state index contributed by atoms with van der Waals surface area (Å²) in [6.07, 6.45) is 5.15. The zero-order valence-corrected chi connectivity index (χ0v) is 13.2. The number of hydrogen-bond acceptors (Lipinski definition) is 2. The Kier molecular flexibility index (Phi) is 6.65. The van der Waals surface area contributed by atoms with E-state index in [9.17, 15) is 0 Å². The van der Waals surface area contributed by atoms with Crippen molar-refractivity contribution >= 4 is 0 Å². The van der Waals surface area contributed by atoms with Crippen LogP contribution in [0.3, 0.4) is 0 Å². The third kappa shape index (κ3) is 4.55. The monoisotopic (exact) mass is 254 g/mol. The second kappa shape index (κ2) is 7.49. The highest BCUT2D eigenvalue weighted by Gasteiger charge is 2.31. The van der Waals surface area contributed by atoms with Crippen molar-refractivity contribution in [2.24, 2.45) is 23.5 Å². The second-order valence-corrected chi connectivity index (χ2v) is 6.83. The first-order valence-corrected chi connectivity index (χ1v) is 7.95. The van der Waals surface area contributed by atoms with Crippen LogP contribution in [0.4, 0.5) is 0 Å². The lowest BCUT2D eigenvalue weighted by Crippen LogP contribution is -2.45. The normalized spacial score (nSPS) is 29.5. The molecule has 1 aliphatic carbocycles. The predicted octanol–water partition coefficient (Wildman–Crippen LogP) is 3.51. The highest BCUT2D eigenvalue weighted by molar-refractivity contribution is 4.86. The van der Waals surface area contributed by atoms with Crippen LogP contribution < -0.4 is 5.73 Å². The quantitative estimate of drug-likeness (QED) is 0.786. The summed E-state index contributed by atoms with van der Waals surface area (Å²) in [6.45, 7) is 14.0. The minimum Gasteiger partial charge on any atom is -0.327 e. The van der Waals surface area contributed by atoms with E-state index in [2.05, 4.69) is 39.5 Å². The van der Waals surface area contributed by atoms with Gasteiger partial charge in [-0.15, -0.1) is 0 Å². The number of nitrogens with two attached hydrogens (primary N) is 1. The molecule has 0 aromatic carbocycles. The molecule has 0 aliphatic heterocycles. The summed E-state index contributed by atoms with van der Waals surface area (Å²) in [5.74, 6) is 2.42. The SMILES string of the molecule is CCCN(CC1CC(C(C)C)CCC1N)C(C)C. The van der Waals surface area contributed by atoms with Gasteiger partial charge in [0.05, 0.1) is 0 Å². The molecule has 2 heteroatoms. The molecule has 2 N–H and O–H groups in total. The van der Waals surface area contributed by atoms with Crippen molar-refractivity contribution in [3.63, 3.8) is 0 Å². The Morgan fingerprint density at radius 3 is 2.33 bits per heavy atom. The van der Waals surface area contributed by atoms with Crippen LogP contribution in [-0.2, 0) is 0 Å². The highest BCUT2D eigenvalue weighted by atomic mass is 15.1. The zero-order valence-electron chi connectivity index (χ0n) is 13.2. The average Bonchev–Trinajstić information content (AvgIpc) is 2.30. The van der Waals surface area contributed by atoms with E-state index in [-0.39, 0.29) is 0 Å². The Bertz CT molecular complexity index is 225. The molecule has 0 aromatic heterocycles. The van der Waals surface area contributed by atoms with Crippen molar-refractivity contribution in [2.75, 3.05) is 13.1 Å². The molecule has 1 aliphatic rings. The van der Waals surface area contributed by atoms with Crippen LogP contribution >= 0.6 is 0 Å². The molecule has 18 heavy (non-hydrogen) atoms. The first-order valence-electron chi connectivity index (χ1n) is 7.95. The van der Waals surface area contributed by atoms with Gasteiger partial charge in [0.15, 0.2) is 0 Å². The fourth-order valence-corrected chi connectivity index (χ4v) is 3.29. The number of rotatable bonds is 6. The van der Waals surface area contributed by atoms with Crippen LogP contribution in [-0.4, -0.2) is 30.1 Å². The molecule has 0 amide bonds. The second-order valence-electron chi connectivity index (χ2n) is 6.83. The molecular formula is C16H34N2. The van der Waals surface area contributed by atoms with Crippen LogP contribution in [0, 0.1) is 17.8 Å². The van der Waals surface area contributed by atoms with E-state index in [1.165, 1.54) is 38.8 Å². The topological polar surface area (TPSA) is 29.3 Å². The van der Waals surface area contributed by atoms with Crippen molar-refractivity contribution in [3.8, 4) is 0 Å². The maximum absolute atomic E-state index is 6.36. The van der Waals surface area contributed by atoms with Gasteiger partial charge >= 0.3 is 0 Å². The average molecular weight is 254 g/mol. The minimum absolute atomic E-state index is 0.429. The Morgan fingerprint density at radius 2 is 1.83 bits per heavy atom. The van der Waals surface area contributed by atoms with Gasteiger partial charge in [-0.3, -0.25) is 0 Å². The third-order valence-corrected chi connectivity index (χ3v) is 4.73. The zero-order chi connectivity index (χ0) is 13.7. The summed E-state index contributed by atoms with van der Waals surface area (Å²) in [5.41, 5.74) is 6.36.